The monoisotopic (exact) mass is 389 g/mol. The minimum atomic E-state index is -0.654. The molecular formula is C24H23NO4. The Labute approximate surface area is 169 Å². The number of para-hydroxylation sites is 1. The average molecular weight is 389 g/mol. The number of hydrogen-bond acceptors (Lipinski definition) is 5. The predicted molar refractivity (Wildman–Crippen MR) is 115 cm³/mol. The summed E-state index contributed by atoms with van der Waals surface area (Å²) in [5.74, 6) is 0.00593. The fourth-order valence-electron chi connectivity index (χ4n) is 3.90. The highest BCUT2D eigenvalue weighted by Crippen LogP contribution is 2.40. The molecule has 2 heterocycles. The maximum atomic E-state index is 13.0. The molecule has 148 valence electrons. The van der Waals surface area contributed by atoms with E-state index < -0.39 is 11.4 Å². The van der Waals surface area contributed by atoms with Gasteiger partial charge >= 0.3 is 5.63 Å². The number of fused-ring (bicyclic) bond motifs is 2. The minimum Gasteiger partial charge on any atom is -0.496 e. The number of ether oxygens (including phenoxy) is 1. The van der Waals surface area contributed by atoms with Gasteiger partial charge < -0.3 is 14.1 Å². The van der Waals surface area contributed by atoms with Crippen molar-refractivity contribution in [1.29, 1.82) is 0 Å². The van der Waals surface area contributed by atoms with Gasteiger partial charge in [0.15, 0.2) is 0 Å². The third kappa shape index (κ3) is 3.03. The Morgan fingerprint density at radius 3 is 2.55 bits per heavy atom. The molecule has 1 aromatic heterocycles. The van der Waals surface area contributed by atoms with Crippen molar-refractivity contribution >= 4 is 28.0 Å². The smallest absolute Gasteiger partial charge is 0.347 e. The second-order valence-corrected chi connectivity index (χ2v) is 7.92. The van der Waals surface area contributed by atoms with Gasteiger partial charge in [0.1, 0.15) is 16.9 Å². The van der Waals surface area contributed by atoms with E-state index >= 15 is 0 Å². The van der Waals surface area contributed by atoms with Crippen LogP contribution in [-0.2, 0) is 0 Å². The van der Waals surface area contributed by atoms with Crippen LogP contribution in [0.2, 0.25) is 0 Å². The zero-order chi connectivity index (χ0) is 20.9. The molecule has 0 saturated heterocycles. The van der Waals surface area contributed by atoms with E-state index in [4.69, 9.17) is 9.15 Å². The van der Waals surface area contributed by atoms with Crippen molar-refractivity contribution in [3.05, 3.63) is 75.7 Å². The summed E-state index contributed by atoms with van der Waals surface area (Å²) in [7, 11) is 3.51. The molecule has 5 heteroatoms. The molecule has 5 nitrogen and oxygen atoms in total. The molecule has 0 atom stereocenters. The minimum absolute atomic E-state index is 0.00641. The van der Waals surface area contributed by atoms with Gasteiger partial charge in [-0.3, -0.25) is 4.79 Å². The van der Waals surface area contributed by atoms with Crippen LogP contribution in [0.4, 0.5) is 5.69 Å². The summed E-state index contributed by atoms with van der Waals surface area (Å²) < 4.78 is 10.8. The van der Waals surface area contributed by atoms with Crippen LogP contribution in [0.3, 0.4) is 0 Å². The first-order chi connectivity index (χ1) is 13.7. The van der Waals surface area contributed by atoms with E-state index in [-0.39, 0.29) is 11.1 Å². The Balaban J connectivity index is 1.90. The number of carbonyl (C=O) groups is 1. The average Bonchev–Trinajstić information content (AvgIpc) is 2.70. The molecule has 0 bridgehead atoms. The second-order valence-electron chi connectivity index (χ2n) is 7.92. The number of carbonyl (C=O) groups excluding carboxylic acids is 1. The van der Waals surface area contributed by atoms with Crippen LogP contribution >= 0.6 is 0 Å². The van der Waals surface area contributed by atoms with Gasteiger partial charge in [-0.15, -0.1) is 0 Å². The van der Waals surface area contributed by atoms with E-state index in [0.29, 0.717) is 22.3 Å². The Morgan fingerprint density at radius 1 is 1.10 bits per heavy atom. The van der Waals surface area contributed by atoms with E-state index in [1.54, 1.807) is 30.3 Å². The van der Waals surface area contributed by atoms with Crippen LogP contribution in [0.25, 0.3) is 16.5 Å². The molecule has 0 spiro atoms. The fourth-order valence-corrected chi connectivity index (χ4v) is 3.90. The van der Waals surface area contributed by atoms with Crippen LogP contribution < -0.4 is 15.3 Å². The van der Waals surface area contributed by atoms with Gasteiger partial charge in [-0.25, -0.2) is 4.79 Å². The lowest BCUT2D eigenvalue weighted by Crippen LogP contribution is -2.42. The van der Waals surface area contributed by atoms with E-state index in [2.05, 4.69) is 31.7 Å². The highest BCUT2D eigenvalue weighted by Gasteiger charge is 2.29. The number of hydrogen-bond donors (Lipinski definition) is 0. The summed E-state index contributed by atoms with van der Waals surface area (Å²) in [4.78, 5) is 27.8. The van der Waals surface area contributed by atoms with Gasteiger partial charge in [-0.1, -0.05) is 18.2 Å². The van der Waals surface area contributed by atoms with E-state index in [9.17, 15) is 9.59 Å². The van der Waals surface area contributed by atoms with Gasteiger partial charge in [-0.2, -0.15) is 0 Å². The highest BCUT2D eigenvalue weighted by molar-refractivity contribution is 6.11. The predicted octanol–water partition coefficient (Wildman–Crippen LogP) is 4.66. The molecule has 0 unspecified atom stereocenters. The SMILES string of the molecule is COc1ccccc1C(=O)c1cc2cc3c(cc2oc1=O)N(C)C(C)(C)C=C3C. The molecule has 29 heavy (non-hydrogen) atoms. The van der Waals surface area contributed by atoms with Crippen molar-refractivity contribution in [2.24, 2.45) is 0 Å². The summed E-state index contributed by atoms with van der Waals surface area (Å²) in [6.45, 7) is 6.34. The third-order valence-corrected chi connectivity index (χ3v) is 5.67. The number of rotatable bonds is 3. The summed E-state index contributed by atoms with van der Waals surface area (Å²) in [5, 5.41) is 0.711. The van der Waals surface area contributed by atoms with Crippen LogP contribution in [0.1, 0.15) is 42.3 Å². The first-order valence-corrected chi connectivity index (χ1v) is 9.46. The number of methoxy groups -OCH3 is 1. The van der Waals surface area contributed by atoms with Crippen LogP contribution in [0.15, 0.2) is 57.8 Å². The van der Waals surface area contributed by atoms with E-state index in [0.717, 1.165) is 16.8 Å². The van der Waals surface area contributed by atoms with E-state index in [1.165, 1.54) is 7.11 Å². The molecule has 4 rings (SSSR count). The van der Waals surface area contributed by atoms with Gasteiger partial charge in [0.05, 0.1) is 18.2 Å². The molecule has 0 aliphatic carbocycles. The molecule has 0 N–H and O–H groups in total. The number of likely N-dealkylation sites (N-methyl/N-ethyl adjacent to an activating group) is 1. The number of benzene rings is 2. The van der Waals surface area contributed by atoms with Crippen molar-refractivity contribution in [3.8, 4) is 5.75 Å². The van der Waals surface area contributed by atoms with Crippen LogP contribution in [0.5, 0.6) is 5.75 Å². The third-order valence-electron chi connectivity index (χ3n) is 5.67. The summed E-state index contributed by atoms with van der Waals surface area (Å²) >= 11 is 0. The largest absolute Gasteiger partial charge is 0.496 e. The first kappa shape index (κ1) is 19.0. The maximum Gasteiger partial charge on any atom is 0.347 e. The van der Waals surface area contributed by atoms with Gasteiger partial charge in [0.2, 0.25) is 5.78 Å². The number of anilines is 1. The summed E-state index contributed by atoms with van der Waals surface area (Å²) in [6, 6.07) is 12.3. The lowest BCUT2D eigenvalue weighted by molar-refractivity contribution is 0.103. The zero-order valence-electron chi connectivity index (χ0n) is 17.2. The van der Waals surface area contributed by atoms with Crippen molar-refractivity contribution < 1.29 is 13.9 Å². The van der Waals surface area contributed by atoms with Crippen molar-refractivity contribution in [2.45, 2.75) is 26.3 Å². The molecule has 0 saturated carbocycles. The second kappa shape index (κ2) is 6.62. The molecule has 0 fully saturated rings. The summed E-state index contributed by atoms with van der Waals surface area (Å²) in [5.41, 5.74) is 3.18. The van der Waals surface area contributed by atoms with Crippen LogP contribution in [0, 0.1) is 0 Å². The lowest BCUT2D eigenvalue weighted by Gasteiger charge is -2.40. The highest BCUT2D eigenvalue weighted by atomic mass is 16.5. The number of allylic oxidation sites excluding steroid dienone is 1. The Bertz CT molecular complexity index is 1230. The standard InChI is InChI=1S/C24H23NO4/c1-14-13-24(2,3)25(4)19-12-21-15(10-17(14)19)11-18(23(27)29-21)22(26)16-8-6-7-9-20(16)28-5/h6-13H,1-5H3. The quantitative estimate of drug-likeness (QED) is 0.481. The molecular weight excluding hydrogens is 366 g/mol. The fraction of sp³-hybridized carbons (Fsp3) is 0.250. The molecule has 0 amide bonds. The molecule has 1 aliphatic rings. The van der Waals surface area contributed by atoms with Crippen molar-refractivity contribution in [2.75, 3.05) is 19.1 Å². The van der Waals surface area contributed by atoms with E-state index in [1.807, 2.05) is 19.2 Å². The van der Waals surface area contributed by atoms with Gasteiger partial charge in [0.25, 0.3) is 0 Å². The Kier molecular flexibility index (Phi) is 4.34. The van der Waals surface area contributed by atoms with Crippen molar-refractivity contribution in [1.82, 2.24) is 0 Å². The maximum absolute atomic E-state index is 13.0. The normalized spacial score (nSPS) is 15.1. The molecule has 3 aromatic rings. The summed E-state index contributed by atoms with van der Waals surface area (Å²) in [6.07, 6.45) is 2.21. The van der Waals surface area contributed by atoms with Gasteiger partial charge in [0, 0.05) is 29.8 Å². The molecule has 2 aromatic carbocycles. The number of nitrogens with zero attached hydrogens (tertiary/aromatic N) is 1. The zero-order valence-corrected chi connectivity index (χ0v) is 17.2. The van der Waals surface area contributed by atoms with Gasteiger partial charge in [-0.05, 0) is 50.6 Å². The Hall–Kier alpha value is -3.34. The topological polar surface area (TPSA) is 59.8 Å². The first-order valence-electron chi connectivity index (χ1n) is 9.46. The number of ketones is 1. The van der Waals surface area contributed by atoms with Crippen LogP contribution in [-0.4, -0.2) is 25.5 Å². The molecule has 0 radical (unpaired) electrons. The molecule has 1 aliphatic heterocycles. The Morgan fingerprint density at radius 2 is 1.83 bits per heavy atom. The lowest BCUT2D eigenvalue weighted by atomic mass is 9.88. The van der Waals surface area contributed by atoms with Crippen molar-refractivity contribution in [3.63, 3.8) is 0 Å².